The summed E-state index contributed by atoms with van der Waals surface area (Å²) in [5, 5.41) is 0. The van der Waals surface area contributed by atoms with Gasteiger partial charge in [-0.15, -0.1) is 0 Å². The maximum Gasteiger partial charge on any atom is 0.254 e. The molecule has 2 heterocycles. The average Bonchev–Trinajstić information content (AvgIpc) is 3.28. The molecule has 0 aliphatic carbocycles. The summed E-state index contributed by atoms with van der Waals surface area (Å²) < 4.78 is 18.7. The van der Waals surface area contributed by atoms with Crippen LogP contribution in [-0.2, 0) is 4.79 Å². The molecule has 2 fully saturated rings. The zero-order valence-electron chi connectivity index (χ0n) is 16.8. The molecule has 2 aliphatic heterocycles. The Hall–Kier alpha value is -2.97. The van der Waals surface area contributed by atoms with E-state index in [0.717, 1.165) is 11.3 Å². The van der Waals surface area contributed by atoms with E-state index in [9.17, 15) is 14.0 Å². The normalized spacial score (nSPS) is 21.5. The molecular weight excluding hydrogens is 387 g/mol. The average molecular weight is 412 g/mol. The van der Waals surface area contributed by atoms with Crippen LogP contribution < -0.4 is 15.6 Å². The van der Waals surface area contributed by atoms with Crippen LogP contribution >= 0.6 is 0 Å². The largest absolute Gasteiger partial charge is 0.497 e. The summed E-state index contributed by atoms with van der Waals surface area (Å²) in [4.78, 5) is 28.9. The van der Waals surface area contributed by atoms with E-state index in [0.29, 0.717) is 38.2 Å². The number of ether oxygens (including phenoxy) is 1. The predicted octanol–water partition coefficient (Wildman–Crippen LogP) is 1.73. The van der Waals surface area contributed by atoms with E-state index in [1.807, 2.05) is 24.3 Å². The summed E-state index contributed by atoms with van der Waals surface area (Å²) in [5.41, 5.74) is 7.69. The van der Waals surface area contributed by atoms with Crippen LogP contribution in [0.4, 0.5) is 4.39 Å². The first-order chi connectivity index (χ1) is 14.5. The van der Waals surface area contributed by atoms with Crippen LogP contribution in [0.2, 0.25) is 0 Å². The van der Waals surface area contributed by atoms with Gasteiger partial charge in [-0.3, -0.25) is 9.59 Å². The molecule has 2 aliphatic rings. The molecule has 158 valence electrons. The van der Waals surface area contributed by atoms with Gasteiger partial charge in [0.1, 0.15) is 17.6 Å². The number of nitrogens with one attached hydrogen (secondary N) is 2. The van der Waals surface area contributed by atoms with Crippen LogP contribution in [0.3, 0.4) is 0 Å². The number of hydrogen-bond acceptors (Lipinski definition) is 5. The topological polar surface area (TPSA) is 73.9 Å². The third-order valence-corrected chi connectivity index (χ3v) is 5.65. The fraction of sp³-hybridized carbons (Fsp3) is 0.364. The molecule has 2 aromatic rings. The van der Waals surface area contributed by atoms with E-state index < -0.39 is 5.82 Å². The number of nitrogens with zero attached hydrogens (tertiary/aromatic N) is 2. The van der Waals surface area contributed by atoms with Gasteiger partial charge in [0.25, 0.3) is 5.91 Å². The van der Waals surface area contributed by atoms with Crippen LogP contribution in [0.5, 0.6) is 5.75 Å². The second kappa shape index (κ2) is 8.81. The van der Waals surface area contributed by atoms with Crippen LogP contribution in [0, 0.1) is 5.82 Å². The van der Waals surface area contributed by atoms with E-state index in [2.05, 4.69) is 10.9 Å². The number of benzene rings is 2. The molecular formula is C22H25FN4O3. The SMILES string of the molecule is COc1cccc(C2CC(C(=O)N3CCN(C(=O)c4cccc(F)c4)CC3)NN2)c1. The third-order valence-electron chi connectivity index (χ3n) is 5.65. The predicted molar refractivity (Wildman–Crippen MR) is 109 cm³/mol. The Morgan fingerprint density at radius 2 is 1.73 bits per heavy atom. The molecule has 2 atom stereocenters. The van der Waals surface area contributed by atoms with Gasteiger partial charge in [-0.2, -0.15) is 0 Å². The Morgan fingerprint density at radius 3 is 2.47 bits per heavy atom. The zero-order valence-corrected chi connectivity index (χ0v) is 16.8. The maximum absolute atomic E-state index is 13.4. The van der Waals surface area contributed by atoms with Crippen molar-refractivity contribution in [2.75, 3.05) is 33.3 Å². The molecule has 2 amide bonds. The summed E-state index contributed by atoms with van der Waals surface area (Å²) in [6, 6.07) is 13.2. The number of amides is 2. The van der Waals surface area contributed by atoms with Gasteiger partial charge < -0.3 is 14.5 Å². The van der Waals surface area contributed by atoms with E-state index in [-0.39, 0.29) is 23.9 Å². The quantitative estimate of drug-likeness (QED) is 0.800. The lowest BCUT2D eigenvalue weighted by Gasteiger charge is -2.36. The number of piperazine rings is 1. The van der Waals surface area contributed by atoms with Crippen molar-refractivity contribution in [2.24, 2.45) is 0 Å². The van der Waals surface area contributed by atoms with Crippen molar-refractivity contribution >= 4 is 11.8 Å². The minimum absolute atomic E-state index is 0.0184. The number of carbonyl (C=O) groups excluding carboxylic acids is 2. The Morgan fingerprint density at radius 1 is 1.00 bits per heavy atom. The number of halogens is 1. The zero-order chi connectivity index (χ0) is 21.1. The van der Waals surface area contributed by atoms with Crippen LogP contribution in [0.1, 0.15) is 28.4 Å². The molecule has 2 aromatic carbocycles. The van der Waals surface area contributed by atoms with Gasteiger partial charge in [-0.05, 0) is 42.3 Å². The number of hydrazine groups is 1. The highest BCUT2D eigenvalue weighted by Crippen LogP contribution is 2.26. The van der Waals surface area contributed by atoms with Crippen molar-refractivity contribution < 1.29 is 18.7 Å². The lowest BCUT2D eigenvalue weighted by Crippen LogP contribution is -2.54. The summed E-state index contributed by atoms with van der Waals surface area (Å²) >= 11 is 0. The maximum atomic E-state index is 13.4. The van der Waals surface area contributed by atoms with Crippen LogP contribution in [0.25, 0.3) is 0 Å². The molecule has 30 heavy (non-hydrogen) atoms. The van der Waals surface area contributed by atoms with Crippen LogP contribution in [-0.4, -0.2) is 60.9 Å². The summed E-state index contributed by atoms with van der Waals surface area (Å²) in [6.45, 7) is 1.78. The van der Waals surface area contributed by atoms with Crippen molar-refractivity contribution in [2.45, 2.75) is 18.5 Å². The highest BCUT2D eigenvalue weighted by Gasteiger charge is 2.34. The van der Waals surface area contributed by atoms with E-state index in [4.69, 9.17) is 4.74 Å². The van der Waals surface area contributed by atoms with Gasteiger partial charge in [0.2, 0.25) is 5.91 Å². The first kappa shape index (κ1) is 20.3. The van der Waals surface area contributed by atoms with E-state index in [1.54, 1.807) is 23.0 Å². The van der Waals surface area contributed by atoms with Gasteiger partial charge in [0, 0.05) is 37.8 Å². The lowest BCUT2D eigenvalue weighted by molar-refractivity contribution is -0.134. The first-order valence-corrected chi connectivity index (χ1v) is 10.0. The third kappa shape index (κ3) is 4.29. The summed E-state index contributed by atoms with van der Waals surface area (Å²) in [7, 11) is 1.63. The molecule has 0 aromatic heterocycles. The van der Waals surface area contributed by atoms with Gasteiger partial charge in [0.15, 0.2) is 0 Å². The van der Waals surface area contributed by atoms with Crippen molar-refractivity contribution in [1.29, 1.82) is 0 Å². The molecule has 0 saturated carbocycles. The summed E-state index contributed by atoms with van der Waals surface area (Å²) in [5.74, 6) is 0.161. The van der Waals surface area contributed by atoms with Gasteiger partial charge >= 0.3 is 0 Å². The smallest absolute Gasteiger partial charge is 0.254 e. The fourth-order valence-corrected chi connectivity index (χ4v) is 3.95. The molecule has 0 radical (unpaired) electrons. The Bertz CT molecular complexity index is 930. The number of hydrogen-bond donors (Lipinski definition) is 2. The lowest BCUT2D eigenvalue weighted by atomic mass is 10.0. The van der Waals surface area contributed by atoms with Crippen molar-refractivity contribution in [1.82, 2.24) is 20.7 Å². The van der Waals surface area contributed by atoms with Crippen molar-refractivity contribution in [3.8, 4) is 5.75 Å². The number of methoxy groups -OCH3 is 1. The van der Waals surface area contributed by atoms with E-state index in [1.165, 1.54) is 18.2 Å². The number of carbonyl (C=O) groups is 2. The van der Waals surface area contributed by atoms with Crippen LogP contribution in [0.15, 0.2) is 48.5 Å². The second-order valence-electron chi connectivity index (χ2n) is 7.53. The standard InChI is InChI=1S/C22H25FN4O3/c1-30-18-7-3-4-15(13-18)19-14-20(25-24-19)22(29)27-10-8-26(9-11-27)21(28)16-5-2-6-17(23)12-16/h2-7,12-13,19-20,24-25H,8-11,14H2,1H3. The second-order valence-corrected chi connectivity index (χ2v) is 7.53. The fourth-order valence-electron chi connectivity index (χ4n) is 3.95. The highest BCUT2D eigenvalue weighted by atomic mass is 19.1. The van der Waals surface area contributed by atoms with Crippen molar-refractivity contribution in [3.63, 3.8) is 0 Å². The Balaban J connectivity index is 1.32. The number of rotatable bonds is 4. The Kier molecular flexibility index (Phi) is 5.96. The minimum atomic E-state index is -0.430. The highest BCUT2D eigenvalue weighted by molar-refractivity contribution is 5.94. The monoisotopic (exact) mass is 412 g/mol. The molecule has 0 bridgehead atoms. The van der Waals surface area contributed by atoms with E-state index >= 15 is 0 Å². The van der Waals surface area contributed by atoms with Gasteiger partial charge in [-0.1, -0.05) is 18.2 Å². The molecule has 2 N–H and O–H groups in total. The van der Waals surface area contributed by atoms with Gasteiger partial charge in [0.05, 0.1) is 7.11 Å². The molecule has 2 saturated heterocycles. The molecule has 4 rings (SSSR count). The van der Waals surface area contributed by atoms with Crippen molar-refractivity contribution in [3.05, 3.63) is 65.5 Å². The Labute approximate surface area is 174 Å². The van der Waals surface area contributed by atoms with Gasteiger partial charge in [-0.25, -0.2) is 15.2 Å². The first-order valence-electron chi connectivity index (χ1n) is 10.0. The molecule has 8 heteroatoms. The molecule has 0 spiro atoms. The minimum Gasteiger partial charge on any atom is -0.497 e. The summed E-state index contributed by atoms with van der Waals surface area (Å²) in [6.07, 6.45) is 0.633. The molecule has 2 unspecified atom stereocenters. The molecule has 7 nitrogen and oxygen atoms in total.